The molecule has 0 unspecified atom stereocenters. The van der Waals surface area contributed by atoms with Crippen LogP contribution in [0.1, 0.15) is 0 Å². The molecule has 2 aromatic rings. The fourth-order valence-corrected chi connectivity index (χ4v) is 2.21. The highest BCUT2D eigenvalue weighted by atomic mass is 16.5. The van der Waals surface area contributed by atoms with Crippen LogP contribution in [0.25, 0.3) is 0 Å². The molecular weight excluding hydrogens is 300 g/mol. The van der Waals surface area contributed by atoms with E-state index in [2.05, 4.69) is 25.3 Å². The van der Waals surface area contributed by atoms with Crippen LogP contribution in [0, 0.1) is 0 Å². The first kappa shape index (κ1) is 15.1. The van der Waals surface area contributed by atoms with Gasteiger partial charge in [-0.1, -0.05) is 0 Å². The summed E-state index contributed by atoms with van der Waals surface area (Å²) in [4.78, 5) is 33.9. The molecule has 23 heavy (non-hydrogen) atoms. The maximum Gasteiger partial charge on any atom is 0.267 e. The van der Waals surface area contributed by atoms with Gasteiger partial charge in [-0.2, -0.15) is 5.10 Å². The van der Waals surface area contributed by atoms with Gasteiger partial charge in [0.05, 0.1) is 13.2 Å². The number of anilines is 2. The van der Waals surface area contributed by atoms with E-state index in [-0.39, 0.29) is 18.0 Å². The molecule has 2 aromatic heterocycles. The summed E-state index contributed by atoms with van der Waals surface area (Å²) in [7, 11) is 0. The molecule has 9 nitrogen and oxygen atoms in total. The van der Waals surface area contributed by atoms with Crippen molar-refractivity contribution in [3.63, 3.8) is 0 Å². The first-order valence-corrected chi connectivity index (χ1v) is 7.19. The van der Waals surface area contributed by atoms with Crippen LogP contribution in [0.2, 0.25) is 0 Å². The second kappa shape index (κ2) is 6.97. The van der Waals surface area contributed by atoms with Gasteiger partial charge in [0.2, 0.25) is 5.91 Å². The molecule has 0 bridgehead atoms. The van der Waals surface area contributed by atoms with Gasteiger partial charge in [-0.25, -0.2) is 14.6 Å². The summed E-state index contributed by atoms with van der Waals surface area (Å²) in [6.45, 7) is 2.61. The van der Waals surface area contributed by atoms with Gasteiger partial charge >= 0.3 is 0 Å². The number of rotatable bonds is 4. The van der Waals surface area contributed by atoms with Crippen molar-refractivity contribution >= 4 is 17.5 Å². The van der Waals surface area contributed by atoms with Gasteiger partial charge in [-0.15, -0.1) is 0 Å². The molecule has 3 rings (SSSR count). The average molecular weight is 316 g/mol. The van der Waals surface area contributed by atoms with Gasteiger partial charge in [-0.05, 0) is 6.07 Å². The molecule has 1 aliphatic rings. The molecule has 120 valence electrons. The maximum atomic E-state index is 12.0. The molecule has 0 radical (unpaired) electrons. The van der Waals surface area contributed by atoms with Crippen molar-refractivity contribution in [2.75, 3.05) is 36.5 Å². The van der Waals surface area contributed by atoms with Crippen molar-refractivity contribution in [1.82, 2.24) is 19.7 Å². The number of morpholine rings is 1. The number of carbonyl (C=O) groups excluding carboxylic acids is 1. The summed E-state index contributed by atoms with van der Waals surface area (Å²) in [6, 6.07) is 4.57. The van der Waals surface area contributed by atoms with Gasteiger partial charge in [0.25, 0.3) is 5.56 Å². The molecule has 0 aliphatic carbocycles. The molecule has 0 aromatic carbocycles. The highest BCUT2D eigenvalue weighted by molar-refractivity contribution is 5.89. The molecule has 0 spiro atoms. The summed E-state index contributed by atoms with van der Waals surface area (Å²) in [5.74, 6) is 0.738. The van der Waals surface area contributed by atoms with Gasteiger partial charge in [0.15, 0.2) is 0 Å². The Kier molecular flexibility index (Phi) is 4.57. The van der Waals surface area contributed by atoms with Crippen molar-refractivity contribution in [3.05, 3.63) is 41.1 Å². The van der Waals surface area contributed by atoms with E-state index in [4.69, 9.17) is 4.74 Å². The van der Waals surface area contributed by atoms with Crippen molar-refractivity contribution < 1.29 is 9.53 Å². The van der Waals surface area contributed by atoms with Crippen LogP contribution in [0.4, 0.5) is 11.6 Å². The number of amides is 1. The summed E-state index contributed by atoms with van der Waals surface area (Å²) >= 11 is 0. The predicted molar refractivity (Wildman–Crippen MR) is 82.2 cm³/mol. The minimum Gasteiger partial charge on any atom is -0.378 e. The number of aromatic nitrogens is 4. The minimum absolute atomic E-state index is 0.170. The number of carbonyl (C=O) groups is 1. The van der Waals surface area contributed by atoms with E-state index in [9.17, 15) is 9.59 Å². The molecule has 1 amide bonds. The zero-order valence-electron chi connectivity index (χ0n) is 12.4. The Labute approximate surface area is 131 Å². The van der Waals surface area contributed by atoms with Crippen molar-refractivity contribution in [2.45, 2.75) is 6.54 Å². The third-order valence-electron chi connectivity index (χ3n) is 3.33. The lowest BCUT2D eigenvalue weighted by Gasteiger charge is -2.27. The average Bonchev–Trinajstić information content (AvgIpc) is 2.58. The van der Waals surface area contributed by atoms with E-state index in [1.165, 1.54) is 24.7 Å². The van der Waals surface area contributed by atoms with Gasteiger partial charge in [-0.3, -0.25) is 9.59 Å². The molecule has 0 saturated carbocycles. The van der Waals surface area contributed by atoms with E-state index in [1.54, 1.807) is 6.07 Å². The third-order valence-corrected chi connectivity index (χ3v) is 3.33. The Morgan fingerprint density at radius 3 is 2.91 bits per heavy atom. The summed E-state index contributed by atoms with van der Waals surface area (Å²) in [5, 5.41) is 6.49. The van der Waals surface area contributed by atoms with Crippen LogP contribution in [0.3, 0.4) is 0 Å². The topological polar surface area (TPSA) is 102 Å². The SMILES string of the molecule is O=C(Cn1ncccc1=O)Nc1cc(N2CCOCC2)ncn1. The third kappa shape index (κ3) is 3.89. The Hall–Kier alpha value is -2.81. The van der Waals surface area contributed by atoms with Crippen LogP contribution in [0.15, 0.2) is 35.5 Å². The monoisotopic (exact) mass is 316 g/mol. The predicted octanol–water partition coefficient (Wildman–Crippen LogP) is -0.491. The fraction of sp³-hybridized carbons (Fsp3) is 0.357. The number of nitrogens with zero attached hydrogens (tertiary/aromatic N) is 5. The minimum atomic E-state index is -0.377. The van der Waals surface area contributed by atoms with E-state index in [1.807, 2.05) is 0 Å². The first-order chi connectivity index (χ1) is 11.2. The molecule has 1 N–H and O–H groups in total. The van der Waals surface area contributed by atoms with Crippen LogP contribution in [0.5, 0.6) is 0 Å². The van der Waals surface area contributed by atoms with Crippen molar-refractivity contribution in [3.8, 4) is 0 Å². The normalized spacial score (nSPS) is 14.5. The Balaban J connectivity index is 1.66. The zero-order chi connectivity index (χ0) is 16.1. The van der Waals surface area contributed by atoms with Crippen molar-refractivity contribution in [1.29, 1.82) is 0 Å². The molecule has 0 atom stereocenters. The highest BCUT2D eigenvalue weighted by Crippen LogP contribution is 2.15. The number of hydrogen-bond acceptors (Lipinski definition) is 7. The number of hydrogen-bond donors (Lipinski definition) is 1. The van der Waals surface area contributed by atoms with Gasteiger partial charge in [0.1, 0.15) is 24.5 Å². The van der Waals surface area contributed by atoms with Crippen LogP contribution in [-0.2, 0) is 16.1 Å². The summed E-state index contributed by atoms with van der Waals surface area (Å²) < 4.78 is 6.38. The molecular formula is C14H16N6O3. The first-order valence-electron chi connectivity index (χ1n) is 7.19. The zero-order valence-corrected chi connectivity index (χ0v) is 12.4. The molecule has 1 aliphatic heterocycles. The lowest BCUT2D eigenvalue weighted by molar-refractivity contribution is -0.117. The fourth-order valence-electron chi connectivity index (χ4n) is 2.21. The second-order valence-electron chi connectivity index (χ2n) is 4.93. The van der Waals surface area contributed by atoms with Gasteiger partial charge < -0.3 is 15.0 Å². The quantitative estimate of drug-likeness (QED) is 0.812. The highest BCUT2D eigenvalue weighted by Gasteiger charge is 2.14. The lowest BCUT2D eigenvalue weighted by Crippen LogP contribution is -2.36. The molecule has 1 saturated heterocycles. The smallest absolute Gasteiger partial charge is 0.267 e. The van der Waals surface area contributed by atoms with Crippen LogP contribution < -0.4 is 15.8 Å². The van der Waals surface area contributed by atoms with E-state index in [0.29, 0.717) is 19.0 Å². The molecule has 3 heterocycles. The lowest BCUT2D eigenvalue weighted by atomic mass is 10.4. The molecule has 1 fully saturated rings. The Morgan fingerprint density at radius 2 is 2.13 bits per heavy atom. The van der Waals surface area contributed by atoms with Crippen LogP contribution >= 0.6 is 0 Å². The number of ether oxygens (including phenoxy) is 1. The van der Waals surface area contributed by atoms with Crippen LogP contribution in [-0.4, -0.2) is 52.0 Å². The summed E-state index contributed by atoms with van der Waals surface area (Å²) in [6.07, 6.45) is 2.85. The standard InChI is InChI=1S/C14H16N6O3/c21-13(9-20-14(22)2-1-3-17-20)18-11-8-12(16-10-15-11)19-4-6-23-7-5-19/h1-3,8,10H,4-7,9H2,(H,15,16,18,21). The largest absolute Gasteiger partial charge is 0.378 e. The Bertz CT molecular complexity index is 741. The van der Waals surface area contributed by atoms with E-state index < -0.39 is 0 Å². The Morgan fingerprint density at radius 1 is 1.30 bits per heavy atom. The van der Waals surface area contributed by atoms with E-state index in [0.717, 1.165) is 23.6 Å². The number of nitrogens with one attached hydrogen (secondary N) is 1. The summed E-state index contributed by atoms with van der Waals surface area (Å²) in [5.41, 5.74) is -0.334. The van der Waals surface area contributed by atoms with Crippen molar-refractivity contribution in [2.24, 2.45) is 0 Å². The molecule has 9 heteroatoms. The second-order valence-corrected chi connectivity index (χ2v) is 4.93. The van der Waals surface area contributed by atoms with Gasteiger partial charge in [0, 0.05) is 31.4 Å². The van der Waals surface area contributed by atoms with E-state index >= 15 is 0 Å². The maximum absolute atomic E-state index is 12.0.